The molecule has 122 valence electrons. The molecule has 4 nitrogen and oxygen atoms in total. The van der Waals surface area contributed by atoms with E-state index in [2.05, 4.69) is 5.32 Å². The molecule has 2 aromatic rings. The number of hydrogen-bond donors (Lipinski definition) is 1. The van der Waals surface area contributed by atoms with E-state index in [0.29, 0.717) is 17.1 Å². The van der Waals surface area contributed by atoms with Gasteiger partial charge < -0.3 is 9.88 Å². The van der Waals surface area contributed by atoms with Crippen molar-refractivity contribution in [1.82, 2.24) is 9.88 Å². The summed E-state index contributed by atoms with van der Waals surface area (Å²) in [6, 6.07) is 9.38. The maximum atomic E-state index is 12.4. The highest BCUT2D eigenvalue weighted by Crippen LogP contribution is 2.17. The molecule has 0 aliphatic carbocycles. The van der Waals surface area contributed by atoms with E-state index in [1.807, 2.05) is 44.2 Å². The molecular formula is C18H21ClN2O2. The standard InChI is InChI=1S/C18H21ClN2O2/c1-11-9-13(3)21(4)18(23)16(11)17(22)20-10-12(2)14-5-7-15(19)8-6-14/h5-9,12H,10H2,1-4H3,(H,20,22)/t12-/m0/s1. The number of nitrogens with zero attached hydrogens (tertiary/aromatic N) is 1. The number of pyridine rings is 1. The van der Waals surface area contributed by atoms with Gasteiger partial charge in [-0.3, -0.25) is 9.59 Å². The lowest BCUT2D eigenvalue weighted by atomic mass is 10.0. The summed E-state index contributed by atoms with van der Waals surface area (Å²) in [5, 5.41) is 3.54. The fourth-order valence-electron chi connectivity index (χ4n) is 2.50. The van der Waals surface area contributed by atoms with Gasteiger partial charge in [-0.05, 0) is 49.1 Å². The second-order valence-corrected chi connectivity index (χ2v) is 6.31. The third-order valence-corrected chi connectivity index (χ3v) is 4.35. The summed E-state index contributed by atoms with van der Waals surface area (Å²) in [5.41, 5.74) is 2.56. The normalized spacial score (nSPS) is 12.0. The molecule has 5 heteroatoms. The first-order valence-electron chi connectivity index (χ1n) is 7.52. The Bertz CT molecular complexity index is 779. The van der Waals surface area contributed by atoms with Crippen LogP contribution in [0.4, 0.5) is 0 Å². The Morgan fingerprint density at radius 3 is 2.48 bits per heavy atom. The molecule has 0 fully saturated rings. The monoisotopic (exact) mass is 332 g/mol. The molecule has 23 heavy (non-hydrogen) atoms. The Morgan fingerprint density at radius 1 is 1.26 bits per heavy atom. The number of carbonyl (C=O) groups is 1. The smallest absolute Gasteiger partial charge is 0.263 e. The first-order valence-corrected chi connectivity index (χ1v) is 7.90. The van der Waals surface area contributed by atoms with Crippen LogP contribution in [-0.2, 0) is 7.05 Å². The van der Waals surface area contributed by atoms with Gasteiger partial charge in [0.15, 0.2) is 0 Å². The molecule has 0 radical (unpaired) electrons. The zero-order chi connectivity index (χ0) is 17.1. The molecule has 0 aliphatic rings. The van der Waals surface area contributed by atoms with Gasteiger partial charge in [-0.25, -0.2) is 0 Å². The Kier molecular flexibility index (Phi) is 5.26. The van der Waals surface area contributed by atoms with Gasteiger partial charge in [-0.2, -0.15) is 0 Å². The lowest BCUT2D eigenvalue weighted by molar-refractivity contribution is 0.0949. The van der Waals surface area contributed by atoms with Crippen LogP contribution in [-0.4, -0.2) is 17.0 Å². The first-order chi connectivity index (χ1) is 10.8. The van der Waals surface area contributed by atoms with Gasteiger partial charge in [0, 0.05) is 24.3 Å². The topological polar surface area (TPSA) is 51.1 Å². The van der Waals surface area contributed by atoms with Crippen molar-refractivity contribution in [3.63, 3.8) is 0 Å². The molecule has 2 rings (SSSR count). The van der Waals surface area contributed by atoms with Gasteiger partial charge >= 0.3 is 0 Å². The average molecular weight is 333 g/mol. The number of nitrogens with one attached hydrogen (secondary N) is 1. The molecule has 1 amide bonds. The molecule has 0 unspecified atom stereocenters. The third-order valence-electron chi connectivity index (χ3n) is 4.10. The zero-order valence-corrected chi connectivity index (χ0v) is 14.6. The fraction of sp³-hybridized carbons (Fsp3) is 0.333. The van der Waals surface area contributed by atoms with Crippen LogP contribution in [0.5, 0.6) is 0 Å². The Morgan fingerprint density at radius 2 is 1.87 bits per heavy atom. The zero-order valence-electron chi connectivity index (χ0n) is 13.8. The molecule has 0 saturated carbocycles. The van der Waals surface area contributed by atoms with Crippen LogP contribution in [0.3, 0.4) is 0 Å². The molecule has 1 heterocycles. The minimum Gasteiger partial charge on any atom is -0.351 e. The summed E-state index contributed by atoms with van der Waals surface area (Å²) in [5.74, 6) is -0.199. The summed E-state index contributed by atoms with van der Waals surface area (Å²) in [6.45, 7) is 6.10. The maximum Gasteiger partial charge on any atom is 0.263 e. The third kappa shape index (κ3) is 3.82. The lowest BCUT2D eigenvalue weighted by Gasteiger charge is -2.15. The SMILES string of the molecule is Cc1cc(C)n(C)c(=O)c1C(=O)NC[C@H](C)c1ccc(Cl)cc1. The van der Waals surface area contributed by atoms with E-state index >= 15 is 0 Å². The molecule has 1 atom stereocenters. The number of hydrogen-bond acceptors (Lipinski definition) is 2. The molecule has 0 saturated heterocycles. The van der Waals surface area contributed by atoms with Gasteiger partial charge in [-0.15, -0.1) is 0 Å². The molecule has 0 spiro atoms. The van der Waals surface area contributed by atoms with Gasteiger partial charge in [0.2, 0.25) is 0 Å². The summed E-state index contributed by atoms with van der Waals surface area (Å²) < 4.78 is 1.49. The van der Waals surface area contributed by atoms with Gasteiger partial charge in [0.05, 0.1) is 0 Å². The number of aryl methyl sites for hydroxylation is 2. The molecule has 1 aromatic heterocycles. The number of halogens is 1. The summed E-state index contributed by atoms with van der Waals surface area (Å²) in [7, 11) is 1.67. The van der Waals surface area contributed by atoms with Crippen molar-refractivity contribution in [3.8, 4) is 0 Å². The number of amides is 1. The quantitative estimate of drug-likeness (QED) is 0.934. The van der Waals surface area contributed by atoms with Gasteiger partial charge in [0.1, 0.15) is 5.56 Å². The van der Waals surface area contributed by atoms with Crippen LogP contribution in [0.25, 0.3) is 0 Å². The highest BCUT2D eigenvalue weighted by molar-refractivity contribution is 6.30. The number of carbonyl (C=O) groups excluding carboxylic acids is 1. The Hall–Kier alpha value is -2.07. The highest BCUT2D eigenvalue weighted by Gasteiger charge is 2.17. The van der Waals surface area contributed by atoms with E-state index in [9.17, 15) is 9.59 Å². The minimum absolute atomic E-state index is 0.130. The van der Waals surface area contributed by atoms with Crippen LogP contribution >= 0.6 is 11.6 Å². The van der Waals surface area contributed by atoms with Crippen LogP contribution in [0.1, 0.15) is 40.0 Å². The maximum absolute atomic E-state index is 12.4. The highest BCUT2D eigenvalue weighted by atomic mass is 35.5. The van der Waals surface area contributed by atoms with E-state index in [1.165, 1.54) is 4.57 Å². The Labute approximate surface area is 141 Å². The number of benzene rings is 1. The van der Waals surface area contributed by atoms with Crippen molar-refractivity contribution in [2.45, 2.75) is 26.7 Å². The first kappa shape index (κ1) is 17.3. The largest absolute Gasteiger partial charge is 0.351 e. The molecule has 0 bridgehead atoms. The van der Waals surface area contributed by atoms with Crippen LogP contribution < -0.4 is 10.9 Å². The van der Waals surface area contributed by atoms with Crippen molar-refractivity contribution in [1.29, 1.82) is 0 Å². The van der Waals surface area contributed by atoms with E-state index in [4.69, 9.17) is 11.6 Å². The molecule has 0 aliphatic heterocycles. The van der Waals surface area contributed by atoms with E-state index in [0.717, 1.165) is 11.3 Å². The summed E-state index contributed by atoms with van der Waals surface area (Å²) in [4.78, 5) is 24.7. The van der Waals surface area contributed by atoms with Crippen molar-refractivity contribution < 1.29 is 4.79 Å². The van der Waals surface area contributed by atoms with Gasteiger partial charge in [0.25, 0.3) is 11.5 Å². The average Bonchev–Trinajstić information content (AvgIpc) is 2.51. The molecule has 1 aromatic carbocycles. The van der Waals surface area contributed by atoms with Crippen molar-refractivity contribution in [2.75, 3.05) is 6.54 Å². The molecular weight excluding hydrogens is 312 g/mol. The van der Waals surface area contributed by atoms with E-state index in [1.54, 1.807) is 14.0 Å². The summed E-state index contributed by atoms with van der Waals surface area (Å²) >= 11 is 5.88. The van der Waals surface area contributed by atoms with Crippen LogP contribution in [0, 0.1) is 13.8 Å². The van der Waals surface area contributed by atoms with E-state index in [-0.39, 0.29) is 22.9 Å². The molecule has 1 N–H and O–H groups in total. The van der Waals surface area contributed by atoms with Crippen molar-refractivity contribution in [2.24, 2.45) is 7.05 Å². The number of rotatable bonds is 4. The predicted molar refractivity (Wildman–Crippen MR) is 93.4 cm³/mol. The number of aromatic nitrogens is 1. The van der Waals surface area contributed by atoms with Crippen molar-refractivity contribution in [3.05, 3.63) is 68.1 Å². The van der Waals surface area contributed by atoms with Gasteiger partial charge in [-0.1, -0.05) is 30.7 Å². The minimum atomic E-state index is -0.330. The Balaban J connectivity index is 2.13. The van der Waals surface area contributed by atoms with Crippen LogP contribution in [0.15, 0.2) is 35.1 Å². The lowest BCUT2D eigenvalue weighted by Crippen LogP contribution is -2.35. The fourth-order valence-corrected chi connectivity index (χ4v) is 2.62. The summed E-state index contributed by atoms with van der Waals surface area (Å²) in [6.07, 6.45) is 0. The predicted octanol–water partition coefficient (Wildman–Crippen LogP) is 3.19. The second kappa shape index (κ2) is 7.01. The van der Waals surface area contributed by atoms with E-state index < -0.39 is 0 Å². The van der Waals surface area contributed by atoms with Crippen molar-refractivity contribution >= 4 is 17.5 Å². The second-order valence-electron chi connectivity index (χ2n) is 5.87. The van der Waals surface area contributed by atoms with Crippen LogP contribution in [0.2, 0.25) is 5.02 Å².